The zero-order valence-electron chi connectivity index (χ0n) is 11.9. The summed E-state index contributed by atoms with van der Waals surface area (Å²) in [6.45, 7) is 13.9. The lowest BCUT2D eigenvalue weighted by Crippen LogP contribution is -2.60. The van der Waals surface area contributed by atoms with Crippen LogP contribution in [0.4, 0.5) is 0 Å². The second-order valence-corrected chi connectivity index (χ2v) is 6.20. The monoisotopic (exact) mass is 241 g/mol. The molecule has 0 spiro atoms. The number of hydrogen-bond acceptors (Lipinski definition) is 3. The van der Waals surface area contributed by atoms with Gasteiger partial charge in [0, 0.05) is 30.7 Å². The molecule has 17 heavy (non-hydrogen) atoms. The molecule has 0 unspecified atom stereocenters. The summed E-state index contributed by atoms with van der Waals surface area (Å²) < 4.78 is 0. The molecule has 4 heteroatoms. The maximum atomic E-state index is 12.0. The maximum Gasteiger partial charge on any atom is 0.234 e. The van der Waals surface area contributed by atoms with E-state index in [1.807, 2.05) is 0 Å². The van der Waals surface area contributed by atoms with Crippen LogP contribution < -0.4 is 10.6 Å². The molecule has 1 amide bonds. The van der Waals surface area contributed by atoms with Crippen LogP contribution >= 0.6 is 0 Å². The third-order valence-electron chi connectivity index (χ3n) is 3.67. The summed E-state index contributed by atoms with van der Waals surface area (Å²) in [5.74, 6) is 0.131. The topological polar surface area (TPSA) is 44.4 Å². The first kappa shape index (κ1) is 14.5. The molecular formula is C13H27N3O. The normalized spacial score (nSPS) is 21.2. The summed E-state index contributed by atoms with van der Waals surface area (Å²) in [6, 6.07) is 0. The molecule has 0 saturated carbocycles. The molecule has 0 aromatic rings. The summed E-state index contributed by atoms with van der Waals surface area (Å²) in [4.78, 5) is 14.3. The number of rotatable bonds is 4. The molecule has 0 aliphatic carbocycles. The van der Waals surface area contributed by atoms with Crippen molar-refractivity contribution < 1.29 is 4.79 Å². The Kier molecular flexibility index (Phi) is 4.55. The van der Waals surface area contributed by atoms with Crippen LogP contribution in [0.25, 0.3) is 0 Å². The second kappa shape index (κ2) is 5.36. The molecule has 1 heterocycles. The van der Waals surface area contributed by atoms with Gasteiger partial charge in [-0.1, -0.05) is 6.92 Å². The van der Waals surface area contributed by atoms with E-state index in [1.165, 1.54) is 0 Å². The highest BCUT2D eigenvalue weighted by Gasteiger charge is 2.31. The Morgan fingerprint density at radius 1 is 1.47 bits per heavy atom. The van der Waals surface area contributed by atoms with Crippen molar-refractivity contribution in [2.75, 3.05) is 26.2 Å². The van der Waals surface area contributed by atoms with Crippen LogP contribution in [-0.4, -0.2) is 48.1 Å². The molecule has 1 aliphatic rings. The zero-order chi connectivity index (χ0) is 13.1. The fraction of sp³-hybridized carbons (Fsp3) is 0.923. The minimum atomic E-state index is -0.102. The first-order valence-corrected chi connectivity index (χ1v) is 6.54. The smallest absolute Gasteiger partial charge is 0.234 e. The fourth-order valence-electron chi connectivity index (χ4n) is 1.99. The average Bonchev–Trinajstić information content (AvgIpc) is 2.20. The van der Waals surface area contributed by atoms with Crippen LogP contribution in [0.5, 0.6) is 0 Å². The summed E-state index contributed by atoms with van der Waals surface area (Å²) in [6.07, 6.45) is 0.948. The molecule has 4 nitrogen and oxygen atoms in total. The van der Waals surface area contributed by atoms with Gasteiger partial charge in [-0.05, 0) is 34.1 Å². The Labute approximate surface area is 105 Å². The van der Waals surface area contributed by atoms with Gasteiger partial charge in [0.05, 0.1) is 6.54 Å². The summed E-state index contributed by atoms with van der Waals surface area (Å²) in [5.41, 5.74) is -0.0405. The molecule has 100 valence electrons. The predicted octanol–water partition coefficient (Wildman–Crippen LogP) is 0.975. The minimum absolute atomic E-state index is 0.0615. The molecule has 0 aromatic carbocycles. The highest BCUT2D eigenvalue weighted by molar-refractivity contribution is 5.78. The van der Waals surface area contributed by atoms with E-state index in [0.717, 1.165) is 26.1 Å². The van der Waals surface area contributed by atoms with Crippen molar-refractivity contribution >= 4 is 5.91 Å². The van der Waals surface area contributed by atoms with Crippen LogP contribution in [0.2, 0.25) is 0 Å². The van der Waals surface area contributed by atoms with Gasteiger partial charge in [-0.15, -0.1) is 0 Å². The van der Waals surface area contributed by atoms with Gasteiger partial charge >= 0.3 is 0 Å². The summed E-state index contributed by atoms with van der Waals surface area (Å²) in [5, 5.41) is 6.45. The highest BCUT2D eigenvalue weighted by atomic mass is 16.2. The summed E-state index contributed by atoms with van der Waals surface area (Å²) in [7, 11) is 0. The van der Waals surface area contributed by atoms with E-state index in [-0.39, 0.29) is 17.0 Å². The average molecular weight is 241 g/mol. The van der Waals surface area contributed by atoms with E-state index in [4.69, 9.17) is 0 Å². The van der Waals surface area contributed by atoms with Gasteiger partial charge in [0.2, 0.25) is 5.91 Å². The molecule has 0 atom stereocenters. The predicted molar refractivity (Wildman–Crippen MR) is 71.0 cm³/mol. The molecule has 0 bridgehead atoms. The Morgan fingerprint density at radius 3 is 2.65 bits per heavy atom. The molecule has 1 aliphatic heterocycles. The van der Waals surface area contributed by atoms with Gasteiger partial charge in [0.25, 0.3) is 0 Å². The minimum Gasteiger partial charge on any atom is -0.350 e. The van der Waals surface area contributed by atoms with Crippen LogP contribution in [0, 0.1) is 0 Å². The molecule has 2 N–H and O–H groups in total. The molecular weight excluding hydrogens is 214 g/mol. The lowest BCUT2D eigenvalue weighted by Gasteiger charge is -2.42. The maximum absolute atomic E-state index is 12.0. The van der Waals surface area contributed by atoms with Crippen molar-refractivity contribution in [1.82, 2.24) is 15.5 Å². The lowest BCUT2D eigenvalue weighted by molar-refractivity contribution is -0.125. The van der Waals surface area contributed by atoms with Crippen molar-refractivity contribution in [3.63, 3.8) is 0 Å². The Balaban J connectivity index is 2.50. The number of hydrogen-bond donors (Lipinski definition) is 2. The zero-order valence-corrected chi connectivity index (χ0v) is 11.9. The highest BCUT2D eigenvalue weighted by Crippen LogP contribution is 2.16. The van der Waals surface area contributed by atoms with E-state index in [2.05, 4.69) is 50.2 Å². The Bertz CT molecular complexity index is 274. The van der Waals surface area contributed by atoms with E-state index < -0.39 is 0 Å². The first-order valence-electron chi connectivity index (χ1n) is 6.54. The Hall–Kier alpha value is -0.610. The van der Waals surface area contributed by atoms with Gasteiger partial charge in [-0.2, -0.15) is 0 Å². The summed E-state index contributed by atoms with van der Waals surface area (Å²) >= 11 is 0. The van der Waals surface area contributed by atoms with E-state index >= 15 is 0 Å². The number of carbonyl (C=O) groups is 1. The van der Waals surface area contributed by atoms with Crippen molar-refractivity contribution in [2.45, 2.75) is 52.1 Å². The van der Waals surface area contributed by atoms with Crippen LogP contribution in [0.3, 0.4) is 0 Å². The Morgan fingerprint density at radius 2 is 2.12 bits per heavy atom. The van der Waals surface area contributed by atoms with E-state index in [1.54, 1.807) is 0 Å². The molecule has 0 radical (unpaired) electrons. The molecule has 1 rings (SSSR count). The van der Waals surface area contributed by atoms with Gasteiger partial charge in [-0.25, -0.2) is 0 Å². The van der Waals surface area contributed by atoms with Crippen molar-refractivity contribution in [2.24, 2.45) is 0 Å². The van der Waals surface area contributed by atoms with Crippen LogP contribution in [0.1, 0.15) is 41.0 Å². The van der Waals surface area contributed by atoms with Crippen LogP contribution in [0.15, 0.2) is 0 Å². The number of amides is 1. The van der Waals surface area contributed by atoms with Gasteiger partial charge in [0.15, 0.2) is 0 Å². The van der Waals surface area contributed by atoms with Gasteiger partial charge in [0.1, 0.15) is 0 Å². The van der Waals surface area contributed by atoms with E-state index in [0.29, 0.717) is 6.54 Å². The second-order valence-electron chi connectivity index (χ2n) is 6.20. The number of nitrogens with one attached hydrogen (secondary N) is 2. The van der Waals surface area contributed by atoms with Crippen LogP contribution in [-0.2, 0) is 4.79 Å². The van der Waals surface area contributed by atoms with Crippen molar-refractivity contribution in [3.05, 3.63) is 0 Å². The quantitative estimate of drug-likeness (QED) is 0.771. The number of piperazine rings is 1. The SMILES string of the molecule is CCC(C)(C)NC(=O)CN1CCNCC1(C)C. The van der Waals surface area contributed by atoms with Crippen molar-refractivity contribution in [1.29, 1.82) is 0 Å². The standard InChI is InChI=1S/C13H27N3O/c1-6-12(2,3)15-11(17)9-16-8-7-14-10-13(16,4)5/h14H,6-10H2,1-5H3,(H,15,17). The largest absolute Gasteiger partial charge is 0.350 e. The molecule has 0 aromatic heterocycles. The van der Waals surface area contributed by atoms with Gasteiger partial charge < -0.3 is 10.6 Å². The molecule has 1 fully saturated rings. The third-order valence-corrected chi connectivity index (χ3v) is 3.67. The lowest BCUT2D eigenvalue weighted by atomic mass is 9.99. The van der Waals surface area contributed by atoms with Gasteiger partial charge in [-0.3, -0.25) is 9.69 Å². The van der Waals surface area contributed by atoms with E-state index in [9.17, 15) is 4.79 Å². The third kappa shape index (κ3) is 4.28. The first-order chi connectivity index (χ1) is 7.77. The number of carbonyl (C=O) groups excluding carboxylic acids is 1. The molecule has 1 saturated heterocycles. The fourth-order valence-corrected chi connectivity index (χ4v) is 1.99. The number of nitrogens with zero attached hydrogens (tertiary/aromatic N) is 1. The van der Waals surface area contributed by atoms with Crippen molar-refractivity contribution in [3.8, 4) is 0 Å².